The van der Waals surface area contributed by atoms with Crippen molar-refractivity contribution in [1.29, 1.82) is 0 Å². The minimum absolute atomic E-state index is 0.0551. The molecule has 5 aliphatic rings. The van der Waals surface area contributed by atoms with Gasteiger partial charge in [-0.25, -0.2) is 0 Å². The molecule has 0 N–H and O–H groups in total. The molecule has 2 atom stereocenters. The van der Waals surface area contributed by atoms with Crippen molar-refractivity contribution in [3.63, 3.8) is 0 Å². The Morgan fingerprint density at radius 1 is 0.376 bits per heavy atom. The van der Waals surface area contributed by atoms with Crippen molar-refractivity contribution >= 4 is 68.6 Å². The van der Waals surface area contributed by atoms with E-state index in [1.165, 1.54) is 141 Å². The third-order valence-electron chi connectivity index (χ3n) is 20.7. The van der Waals surface area contributed by atoms with E-state index in [-0.39, 0.29) is 33.9 Å². The SMILES string of the molecule is CC1(C)Cc2cc3c(cc2C1)N(c1ccc(C(C)(C)C)cc1-c1ccccc1)c1cc(N2c4ccc(-c5ccc(C(C)(C)C)cc5)cc4C4(C)CCCCC24C)cc2c1B3c1cc(-c3ccccc3)ccc1N2c1ccc(-c2ccccc2)cc1. The number of rotatable bonds is 7. The lowest BCUT2D eigenvalue weighted by atomic mass is 9.33. The van der Waals surface area contributed by atoms with Crippen molar-refractivity contribution < 1.29 is 0 Å². The van der Waals surface area contributed by atoms with Crippen molar-refractivity contribution in [3.05, 3.63) is 246 Å². The first kappa shape index (κ1) is 53.4. The van der Waals surface area contributed by atoms with E-state index >= 15 is 0 Å². The standard InChI is InChI=1S/C81H78BN3/c1-77(2,3)62-34-28-56(29-35-62)58-32-39-71-67(44-58)80(9)42-20-21-43-81(80,10)85(71)65-49-74-76-75(50-65)84(70-41-36-63(78(4,5)6)48-66(70)57-26-18-13-19-27-57)73-47-61-52-79(7,8)51-60(61)46-69(73)82(76)68-45-59(54-24-16-12-17-25-54)33-40-72(68)83(74)64-37-30-55(31-38-64)53-22-14-11-15-23-53/h11-19,22-41,44-50H,20-21,42-43,51-52H2,1-10H3. The van der Waals surface area contributed by atoms with Gasteiger partial charge >= 0.3 is 0 Å². The van der Waals surface area contributed by atoms with Crippen molar-refractivity contribution in [1.82, 2.24) is 0 Å². The van der Waals surface area contributed by atoms with Gasteiger partial charge in [-0.3, -0.25) is 0 Å². The zero-order chi connectivity index (χ0) is 58.4. The maximum absolute atomic E-state index is 2.84. The zero-order valence-electron chi connectivity index (χ0n) is 51.4. The summed E-state index contributed by atoms with van der Waals surface area (Å²) in [6, 6.07) is 84.7. The Kier molecular flexibility index (Phi) is 12.2. The molecular formula is C81H78BN3. The van der Waals surface area contributed by atoms with Gasteiger partial charge < -0.3 is 14.7 Å². The van der Waals surface area contributed by atoms with Crippen molar-refractivity contribution in [2.24, 2.45) is 5.41 Å². The number of anilines is 8. The molecule has 0 amide bonds. The lowest BCUT2D eigenvalue weighted by molar-refractivity contribution is 0.195. The van der Waals surface area contributed by atoms with Gasteiger partial charge in [-0.15, -0.1) is 0 Å². The monoisotopic (exact) mass is 1100 g/mol. The highest BCUT2D eigenvalue weighted by Crippen LogP contribution is 2.63. The van der Waals surface area contributed by atoms with Crippen LogP contribution in [-0.2, 0) is 29.1 Å². The largest absolute Gasteiger partial charge is 0.334 e. The van der Waals surface area contributed by atoms with Gasteiger partial charge in [-0.1, -0.05) is 233 Å². The molecule has 85 heavy (non-hydrogen) atoms. The fraction of sp³-hybridized carbons (Fsp3) is 0.259. The van der Waals surface area contributed by atoms with Crippen LogP contribution in [0.15, 0.2) is 218 Å². The maximum atomic E-state index is 2.84. The predicted molar refractivity (Wildman–Crippen MR) is 364 cm³/mol. The van der Waals surface area contributed by atoms with E-state index in [1.807, 2.05) is 0 Å². The van der Waals surface area contributed by atoms with Crippen LogP contribution in [0, 0.1) is 5.41 Å². The average molecular weight is 1100 g/mol. The minimum Gasteiger partial charge on any atom is -0.334 e. The lowest BCUT2D eigenvalue weighted by Gasteiger charge is -2.51. The summed E-state index contributed by atoms with van der Waals surface area (Å²) < 4.78 is 0. The molecule has 3 heterocycles. The molecule has 2 unspecified atom stereocenters. The average Bonchev–Trinajstić information content (AvgIpc) is 1.70. The molecule has 0 saturated heterocycles. The molecule has 420 valence electrons. The van der Waals surface area contributed by atoms with Crippen LogP contribution in [0.2, 0.25) is 0 Å². The van der Waals surface area contributed by atoms with E-state index in [4.69, 9.17) is 0 Å². The van der Waals surface area contributed by atoms with Gasteiger partial charge in [-0.2, -0.15) is 0 Å². The Hall–Kier alpha value is -8.34. The van der Waals surface area contributed by atoms with Crippen LogP contribution in [-0.4, -0.2) is 12.3 Å². The lowest BCUT2D eigenvalue weighted by Crippen LogP contribution is -2.61. The summed E-state index contributed by atoms with van der Waals surface area (Å²) in [5.41, 5.74) is 30.9. The first-order valence-electron chi connectivity index (χ1n) is 31.4. The molecule has 0 spiro atoms. The quantitative estimate of drug-likeness (QED) is 0.147. The van der Waals surface area contributed by atoms with Crippen LogP contribution in [0.4, 0.5) is 45.5 Å². The van der Waals surface area contributed by atoms with E-state index in [2.05, 4.69) is 302 Å². The molecule has 3 aliphatic heterocycles. The van der Waals surface area contributed by atoms with E-state index in [0.29, 0.717) is 0 Å². The van der Waals surface area contributed by atoms with Crippen molar-refractivity contribution in [2.45, 2.75) is 130 Å². The van der Waals surface area contributed by atoms with Gasteiger partial charge in [0, 0.05) is 50.8 Å². The second-order valence-electron chi connectivity index (χ2n) is 28.8. The van der Waals surface area contributed by atoms with Crippen LogP contribution < -0.4 is 31.1 Å². The molecule has 0 radical (unpaired) electrons. The summed E-state index contributed by atoms with van der Waals surface area (Å²) in [6.07, 6.45) is 6.75. The summed E-state index contributed by atoms with van der Waals surface area (Å²) in [5, 5.41) is 0. The Morgan fingerprint density at radius 2 is 0.871 bits per heavy atom. The molecular weight excluding hydrogens is 1030 g/mol. The Balaban J connectivity index is 1.04. The van der Waals surface area contributed by atoms with Gasteiger partial charge in [0.25, 0.3) is 6.71 Å². The predicted octanol–water partition coefficient (Wildman–Crippen LogP) is 19.9. The van der Waals surface area contributed by atoms with Crippen molar-refractivity contribution in [3.8, 4) is 44.5 Å². The van der Waals surface area contributed by atoms with Gasteiger partial charge in [0.05, 0.1) is 11.2 Å². The summed E-state index contributed by atoms with van der Waals surface area (Å²) in [6.45, 7) is 24.1. The summed E-state index contributed by atoms with van der Waals surface area (Å²) in [4.78, 5) is 8.22. The molecule has 1 fully saturated rings. The second kappa shape index (κ2) is 19.3. The van der Waals surface area contributed by atoms with Gasteiger partial charge in [0.1, 0.15) is 0 Å². The van der Waals surface area contributed by atoms with Crippen LogP contribution >= 0.6 is 0 Å². The maximum Gasteiger partial charge on any atom is 0.252 e. The number of benzene rings is 10. The minimum atomic E-state index is -0.213. The smallest absolute Gasteiger partial charge is 0.252 e. The van der Waals surface area contributed by atoms with Gasteiger partial charge in [-0.05, 0) is 193 Å². The summed E-state index contributed by atoms with van der Waals surface area (Å²) in [7, 11) is 0. The number of hydrogen-bond donors (Lipinski definition) is 0. The van der Waals surface area contributed by atoms with Crippen LogP contribution in [0.1, 0.15) is 123 Å². The highest BCUT2D eigenvalue weighted by molar-refractivity contribution is 7.00. The van der Waals surface area contributed by atoms with Gasteiger partial charge in [0.2, 0.25) is 0 Å². The molecule has 4 heteroatoms. The van der Waals surface area contributed by atoms with Crippen molar-refractivity contribution in [2.75, 3.05) is 14.7 Å². The van der Waals surface area contributed by atoms with E-state index < -0.39 is 0 Å². The fourth-order valence-electron chi connectivity index (χ4n) is 16.0. The fourth-order valence-corrected chi connectivity index (χ4v) is 16.0. The number of nitrogens with zero attached hydrogens (tertiary/aromatic N) is 3. The third-order valence-corrected chi connectivity index (χ3v) is 20.7. The Morgan fingerprint density at radius 3 is 1.52 bits per heavy atom. The number of fused-ring (bicyclic) bond motifs is 8. The summed E-state index contributed by atoms with van der Waals surface area (Å²) in [5.74, 6) is 0. The van der Waals surface area contributed by atoms with Crippen LogP contribution in [0.5, 0.6) is 0 Å². The molecule has 3 nitrogen and oxygen atoms in total. The van der Waals surface area contributed by atoms with Gasteiger partial charge in [0.15, 0.2) is 0 Å². The number of hydrogen-bond acceptors (Lipinski definition) is 3. The van der Waals surface area contributed by atoms with Crippen LogP contribution in [0.25, 0.3) is 44.5 Å². The van der Waals surface area contributed by atoms with Crippen LogP contribution in [0.3, 0.4) is 0 Å². The molecule has 2 aliphatic carbocycles. The molecule has 1 saturated carbocycles. The first-order valence-corrected chi connectivity index (χ1v) is 31.4. The molecule has 0 bridgehead atoms. The van der Waals surface area contributed by atoms with E-state index in [9.17, 15) is 0 Å². The van der Waals surface area contributed by atoms with E-state index in [0.717, 1.165) is 31.4 Å². The second-order valence-corrected chi connectivity index (χ2v) is 28.8. The molecule has 0 aromatic heterocycles. The molecule has 10 aromatic rings. The molecule has 10 aromatic carbocycles. The zero-order valence-corrected chi connectivity index (χ0v) is 51.4. The Labute approximate surface area is 506 Å². The molecule has 15 rings (SSSR count). The first-order chi connectivity index (χ1) is 40.8. The third kappa shape index (κ3) is 8.59. The highest BCUT2D eigenvalue weighted by Gasteiger charge is 2.58. The highest BCUT2D eigenvalue weighted by atomic mass is 15.3. The Bertz CT molecular complexity index is 4260. The summed E-state index contributed by atoms with van der Waals surface area (Å²) >= 11 is 0. The van der Waals surface area contributed by atoms with E-state index in [1.54, 1.807) is 0 Å². The normalized spacial score (nSPS) is 19.0. The topological polar surface area (TPSA) is 9.72 Å².